The van der Waals surface area contributed by atoms with Gasteiger partial charge >= 0.3 is 0 Å². The molecule has 4 aromatic carbocycles. The van der Waals surface area contributed by atoms with Crippen LogP contribution in [0.3, 0.4) is 0 Å². The van der Waals surface area contributed by atoms with Crippen LogP contribution in [0, 0.1) is 0 Å². The summed E-state index contributed by atoms with van der Waals surface area (Å²) in [5, 5.41) is 0. The summed E-state index contributed by atoms with van der Waals surface area (Å²) in [6.07, 6.45) is 0. The van der Waals surface area contributed by atoms with Crippen molar-refractivity contribution >= 4 is 93.6 Å². The average molecular weight is 926 g/mol. The molecule has 238 valence electrons. The van der Waals surface area contributed by atoms with Crippen molar-refractivity contribution in [1.29, 1.82) is 0 Å². The highest BCUT2D eigenvalue weighted by atomic mass is 79.9. The lowest BCUT2D eigenvalue weighted by Gasteiger charge is -2.37. The molecule has 0 aromatic heterocycles. The largest absolute Gasteiger partial charge is 0.244 e. The summed E-state index contributed by atoms with van der Waals surface area (Å²) in [7, 11) is -12.7. The van der Waals surface area contributed by atoms with Crippen LogP contribution in [-0.2, 0) is 43.0 Å². The van der Waals surface area contributed by atoms with Crippen LogP contribution in [0.1, 0.15) is 11.1 Å². The molecule has 1 saturated heterocycles. The van der Waals surface area contributed by atoms with Gasteiger partial charge in [0.2, 0.25) is 20.0 Å². The van der Waals surface area contributed by atoms with Crippen molar-refractivity contribution in [3.8, 4) is 0 Å². The van der Waals surface area contributed by atoms with Gasteiger partial charge in [0.15, 0.2) is 9.84 Å². The van der Waals surface area contributed by atoms with Crippen molar-refractivity contribution in [2.75, 3.05) is 11.5 Å². The number of benzene rings is 4. The lowest BCUT2D eigenvalue weighted by Crippen LogP contribution is -2.54. The molecule has 0 amide bonds. The van der Waals surface area contributed by atoms with Crippen LogP contribution in [0.15, 0.2) is 125 Å². The highest BCUT2D eigenvalue weighted by Gasteiger charge is 2.51. The van der Waals surface area contributed by atoms with Crippen LogP contribution < -0.4 is 0 Å². The molecule has 0 aliphatic carbocycles. The van der Waals surface area contributed by atoms with E-state index in [1.54, 1.807) is 84.9 Å². The van der Waals surface area contributed by atoms with E-state index in [1.165, 1.54) is 12.1 Å². The molecule has 0 bridgehead atoms. The minimum Gasteiger partial charge on any atom is -0.229 e. The summed E-state index contributed by atoms with van der Waals surface area (Å²) in [5.41, 5.74) is 1.23. The van der Waals surface area contributed by atoms with Gasteiger partial charge in [-0.25, -0.2) is 25.3 Å². The zero-order valence-electron chi connectivity index (χ0n) is 23.3. The van der Waals surface area contributed by atoms with Crippen LogP contribution >= 0.6 is 63.7 Å². The Balaban J connectivity index is 1.72. The summed E-state index contributed by atoms with van der Waals surface area (Å²) in [6, 6.07) is 24.5. The first-order valence-electron chi connectivity index (χ1n) is 13.4. The van der Waals surface area contributed by atoms with Gasteiger partial charge in [-0.05, 0) is 79.4 Å². The second kappa shape index (κ2) is 14.0. The molecule has 0 unspecified atom stereocenters. The van der Waals surface area contributed by atoms with Crippen LogP contribution in [-0.4, -0.2) is 57.5 Å². The van der Waals surface area contributed by atoms with Crippen molar-refractivity contribution < 1.29 is 25.3 Å². The van der Waals surface area contributed by atoms with E-state index in [0.717, 1.165) is 8.61 Å². The van der Waals surface area contributed by atoms with E-state index in [2.05, 4.69) is 63.7 Å². The Morgan fingerprint density at radius 3 is 1.29 bits per heavy atom. The third kappa shape index (κ3) is 7.83. The molecule has 1 aliphatic heterocycles. The molecule has 0 saturated carbocycles. The first kappa shape index (κ1) is 34.9. The number of sulfone groups is 1. The number of hydrogen-bond acceptors (Lipinski definition) is 6. The van der Waals surface area contributed by atoms with Gasteiger partial charge in [0.25, 0.3) is 0 Å². The van der Waals surface area contributed by atoms with Crippen LogP contribution in [0.25, 0.3) is 0 Å². The van der Waals surface area contributed by atoms with E-state index >= 15 is 0 Å². The molecule has 5 rings (SSSR count). The number of sulfonamides is 2. The molecule has 1 fully saturated rings. The zero-order chi connectivity index (χ0) is 32.6. The molecule has 1 aliphatic rings. The molecular formula is C30H26Br4N2O6S3. The van der Waals surface area contributed by atoms with E-state index in [0.29, 0.717) is 20.1 Å². The highest BCUT2D eigenvalue weighted by molar-refractivity contribution is 9.11. The van der Waals surface area contributed by atoms with E-state index in [-0.39, 0.29) is 31.8 Å². The predicted molar refractivity (Wildman–Crippen MR) is 188 cm³/mol. The Bertz CT molecular complexity index is 1890. The molecule has 45 heavy (non-hydrogen) atoms. The normalized spacial score (nSPS) is 18.4. The van der Waals surface area contributed by atoms with E-state index < -0.39 is 53.5 Å². The minimum atomic E-state index is -4.40. The Morgan fingerprint density at radius 2 is 0.933 bits per heavy atom. The van der Waals surface area contributed by atoms with Gasteiger partial charge in [-0.15, -0.1) is 0 Å². The maximum absolute atomic E-state index is 14.6. The van der Waals surface area contributed by atoms with E-state index in [9.17, 15) is 25.3 Å². The Kier molecular flexibility index (Phi) is 10.8. The van der Waals surface area contributed by atoms with Gasteiger partial charge in [0, 0.05) is 31.0 Å². The standard InChI is InChI=1S/C30H26Br4N2O6S3/c31-23-11-13-25(33)29(15-23)44(39,40)35(17-21-7-3-1-4-8-21)27-19-43(37,38)20-28(27)36(18-22-9-5-2-6-10-22)45(41,42)30-16-24(32)12-14-26(30)34/h1-16,27-28H,17-20H2/t27-,28-/m0/s1. The third-order valence-corrected chi connectivity index (χ3v) is 15.8. The maximum Gasteiger partial charge on any atom is 0.244 e. The summed E-state index contributed by atoms with van der Waals surface area (Å²) in [4.78, 5) is -0.161. The first-order valence-corrected chi connectivity index (χ1v) is 21.3. The van der Waals surface area contributed by atoms with Crippen LogP contribution in [0.4, 0.5) is 0 Å². The second-order valence-electron chi connectivity index (χ2n) is 10.4. The van der Waals surface area contributed by atoms with Gasteiger partial charge in [-0.3, -0.25) is 0 Å². The fourth-order valence-electron chi connectivity index (χ4n) is 5.25. The number of hydrogen-bond donors (Lipinski definition) is 0. The molecule has 0 radical (unpaired) electrons. The van der Waals surface area contributed by atoms with Crippen molar-refractivity contribution in [3.05, 3.63) is 126 Å². The molecular weight excluding hydrogens is 900 g/mol. The van der Waals surface area contributed by atoms with Gasteiger partial charge in [0.1, 0.15) is 0 Å². The molecule has 15 heteroatoms. The molecule has 1 heterocycles. The molecule has 2 atom stereocenters. The summed E-state index contributed by atoms with van der Waals surface area (Å²) in [6.45, 7) is -0.364. The molecule has 8 nitrogen and oxygen atoms in total. The topological polar surface area (TPSA) is 109 Å². The third-order valence-electron chi connectivity index (χ3n) is 7.36. The quantitative estimate of drug-likeness (QED) is 0.170. The average Bonchev–Trinajstić information content (AvgIpc) is 3.32. The Morgan fingerprint density at radius 1 is 0.578 bits per heavy atom. The lowest BCUT2D eigenvalue weighted by molar-refractivity contribution is 0.219. The van der Waals surface area contributed by atoms with Gasteiger partial charge in [-0.2, -0.15) is 8.61 Å². The van der Waals surface area contributed by atoms with Crippen molar-refractivity contribution in [2.24, 2.45) is 0 Å². The first-order chi connectivity index (χ1) is 21.2. The predicted octanol–water partition coefficient (Wildman–Crippen LogP) is 6.98. The second-order valence-corrected chi connectivity index (χ2v) is 19.8. The Labute approximate surface area is 297 Å². The van der Waals surface area contributed by atoms with Crippen molar-refractivity contribution in [3.63, 3.8) is 0 Å². The Hall–Kier alpha value is -1.43. The van der Waals surface area contributed by atoms with Gasteiger partial charge in [-0.1, -0.05) is 92.5 Å². The smallest absolute Gasteiger partial charge is 0.229 e. The molecule has 0 N–H and O–H groups in total. The number of nitrogens with zero attached hydrogens (tertiary/aromatic N) is 2. The highest BCUT2D eigenvalue weighted by Crippen LogP contribution is 2.37. The zero-order valence-corrected chi connectivity index (χ0v) is 32.1. The minimum absolute atomic E-state index is 0.0805. The summed E-state index contributed by atoms with van der Waals surface area (Å²) >= 11 is 13.4. The summed E-state index contributed by atoms with van der Waals surface area (Å²) < 4.78 is 89.0. The van der Waals surface area contributed by atoms with Crippen molar-refractivity contribution in [2.45, 2.75) is 35.0 Å². The van der Waals surface area contributed by atoms with Crippen molar-refractivity contribution in [1.82, 2.24) is 8.61 Å². The fraction of sp³-hybridized carbons (Fsp3) is 0.200. The monoisotopic (exact) mass is 922 g/mol. The van der Waals surface area contributed by atoms with Gasteiger partial charge in [0.05, 0.1) is 33.4 Å². The summed E-state index contributed by atoms with van der Waals surface area (Å²) in [5.74, 6) is -1.12. The van der Waals surface area contributed by atoms with E-state index in [4.69, 9.17) is 0 Å². The fourth-order valence-corrected chi connectivity index (χ4v) is 13.6. The van der Waals surface area contributed by atoms with Crippen LogP contribution in [0.5, 0.6) is 0 Å². The van der Waals surface area contributed by atoms with Crippen LogP contribution in [0.2, 0.25) is 0 Å². The van der Waals surface area contributed by atoms with Gasteiger partial charge < -0.3 is 0 Å². The molecule has 0 spiro atoms. The SMILES string of the molecule is O=S1(=O)C[C@H](N(Cc2ccccc2)S(=O)(=O)c2cc(Br)ccc2Br)[C@@H](N(Cc2ccccc2)S(=O)(=O)c2cc(Br)ccc2Br)C1. The lowest BCUT2D eigenvalue weighted by atomic mass is 10.1. The number of halogens is 4. The maximum atomic E-state index is 14.6. The molecule has 4 aromatic rings. The van der Waals surface area contributed by atoms with E-state index in [1.807, 2.05) is 0 Å². The number of rotatable bonds is 10.